The summed E-state index contributed by atoms with van der Waals surface area (Å²) in [6.45, 7) is 19.7. The topological polar surface area (TPSA) is 88.5 Å². The quantitative estimate of drug-likeness (QED) is 0.140. The van der Waals surface area contributed by atoms with E-state index in [9.17, 15) is 41.0 Å². The summed E-state index contributed by atoms with van der Waals surface area (Å²) >= 11 is 5.54. The molecular formula is C51H65ClF6N2O6. The maximum Gasteiger partial charge on any atom is 0.416 e. The number of carbonyl (C=O) groups excluding carboxylic acids is 2. The van der Waals surface area contributed by atoms with Crippen LogP contribution in [0.2, 0.25) is 0 Å². The summed E-state index contributed by atoms with van der Waals surface area (Å²) < 4.78 is 95.4. The van der Waals surface area contributed by atoms with Crippen LogP contribution in [0.3, 0.4) is 0 Å². The van der Waals surface area contributed by atoms with Crippen molar-refractivity contribution in [2.45, 2.75) is 138 Å². The maximum absolute atomic E-state index is 13.5. The van der Waals surface area contributed by atoms with Crippen LogP contribution in [0.5, 0.6) is 11.5 Å². The largest absolute Gasteiger partial charge is 0.508 e. The molecule has 0 aliphatic carbocycles. The standard InChI is InChI=1S/C25H30F3NO3.C13H17NO3.C12H14ClF3.CH4/c1-16(2)12-18-7-6-17(13-21(18)25(26,27)28)15-31-20-8-9-22-19(14-20)10-11-29(22)23(30)32-24(3,4)5;1-13(2,3)17-12(16)14-7-6-9-8-10(15)4-5-11(9)14;1-8(2)5-10-4-3-9(7-13)6-11(10)12(14,15)16;/h6-9,13-14,16H,10-12,15H2,1-5H3;4-5,8,15H,6-7H2,1-3H3;3-4,6,8H,5,7H2,1-2H3;1H4. The van der Waals surface area contributed by atoms with Gasteiger partial charge in [-0.3, -0.25) is 9.80 Å². The fourth-order valence-electron chi connectivity index (χ4n) is 7.22. The second kappa shape index (κ2) is 22.6. The van der Waals surface area contributed by atoms with Gasteiger partial charge in [-0.15, -0.1) is 11.6 Å². The molecule has 2 aliphatic heterocycles. The van der Waals surface area contributed by atoms with E-state index in [4.69, 9.17) is 25.8 Å². The molecule has 364 valence electrons. The van der Waals surface area contributed by atoms with Crippen LogP contribution < -0.4 is 14.5 Å². The van der Waals surface area contributed by atoms with Crippen LogP contribution in [0, 0.1) is 11.8 Å². The van der Waals surface area contributed by atoms with Gasteiger partial charge in [-0.2, -0.15) is 26.3 Å². The van der Waals surface area contributed by atoms with Crippen LogP contribution >= 0.6 is 11.6 Å². The lowest BCUT2D eigenvalue weighted by Gasteiger charge is -2.24. The van der Waals surface area contributed by atoms with Gasteiger partial charge in [0.25, 0.3) is 0 Å². The third kappa shape index (κ3) is 16.3. The summed E-state index contributed by atoms with van der Waals surface area (Å²) in [4.78, 5) is 27.6. The summed E-state index contributed by atoms with van der Waals surface area (Å²) in [6.07, 6.45) is -7.22. The van der Waals surface area contributed by atoms with Gasteiger partial charge in [-0.05, 0) is 161 Å². The number of fused-ring (bicyclic) bond motifs is 2. The zero-order valence-electron chi connectivity index (χ0n) is 38.8. The highest BCUT2D eigenvalue weighted by Gasteiger charge is 2.35. The number of hydrogen-bond donors (Lipinski definition) is 1. The highest BCUT2D eigenvalue weighted by atomic mass is 35.5. The molecule has 4 aromatic carbocycles. The summed E-state index contributed by atoms with van der Waals surface area (Å²) in [6, 6.07) is 19.1. The predicted molar refractivity (Wildman–Crippen MR) is 250 cm³/mol. The van der Waals surface area contributed by atoms with Gasteiger partial charge in [0, 0.05) is 19.0 Å². The van der Waals surface area contributed by atoms with Gasteiger partial charge < -0.3 is 19.3 Å². The van der Waals surface area contributed by atoms with Crippen LogP contribution in [0.1, 0.15) is 121 Å². The molecule has 0 unspecified atom stereocenters. The Balaban J connectivity index is 0.000000287. The molecule has 1 N–H and O–H groups in total. The Morgan fingerprint density at radius 3 is 1.48 bits per heavy atom. The Bertz CT molecular complexity index is 2260. The number of anilines is 2. The number of hydrogen-bond acceptors (Lipinski definition) is 6. The van der Waals surface area contributed by atoms with E-state index in [1.807, 2.05) is 75.3 Å². The molecule has 0 fully saturated rings. The molecule has 0 bridgehead atoms. The number of carbonyl (C=O) groups is 2. The lowest BCUT2D eigenvalue weighted by molar-refractivity contribution is -0.139. The third-order valence-electron chi connectivity index (χ3n) is 9.91. The first-order valence-corrected chi connectivity index (χ1v) is 22.1. The minimum atomic E-state index is -4.40. The number of ether oxygens (including phenoxy) is 3. The van der Waals surface area contributed by atoms with Crippen molar-refractivity contribution < 1.29 is 55.2 Å². The third-order valence-corrected chi connectivity index (χ3v) is 10.2. The first-order chi connectivity index (χ1) is 30.0. The maximum atomic E-state index is 13.5. The van der Waals surface area contributed by atoms with E-state index in [1.165, 1.54) is 12.1 Å². The average molecular weight is 952 g/mol. The number of phenols is 1. The van der Waals surface area contributed by atoms with Crippen molar-refractivity contribution in [2.75, 3.05) is 22.9 Å². The highest BCUT2D eigenvalue weighted by molar-refractivity contribution is 6.17. The number of nitrogens with zero attached hydrogens (tertiary/aromatic N) is 2. The van der Waals surface area contributed by atoms with Crippen LogP contribution in [-0.4, -0.2) is 41.6 Å². The molecule has 15 heteroatoms. The summed E-state index contributed by atoms with van der Waals surface area (Å²) in [5.74, 6) is 1.21. The normalized spacial score (nSPS) is 13.5. The first kappa shape index (κ1) is 55.2. The van der Waals surface area contributed by atoms with Crippen LogP contribution in [0.4, 0.5) is 47.3 Å². The van der Waals surface area contributed by atoms with E-state index >= 15 is 0 Å². The highest BCUT2D eigenvalue weighted by Crippen LogP contribution is 2.37. The molecule has 0 aromatic heterocycles. The van der Waals surface area contributed by atoms with Gasteiger partial charge >= 0.3 is 24.5 Å². The fraction of sp³-hybridized carbons (Fsp3) is 0.490. The van der Waals surface area contributed by atoms with Crippen molar-refractivity contribution in [2.24, 2.45) is 11.8 Å². The Hall–Kier alpha value is -5.11. The molecular weight excluding hydrogens is 886 g/mol. The van der Waals surface area contributed by atoms with Crippen molar-refractivity contribution in [3.8, 4) is 11.5 Å². The fourth-order valence-corrected chi connectivity index (χ4v) is 7.39. The van der Waals surface area contributed by atoms with Crippen molar-refractivity contribution in [1.29, 1.82) is 0 Å². The number of amides is 2. The molecule has 6 rings (SSSR count). The van der Waals surface area contributed by atoms with Crippen molar-refractivity contribution in [1.82, 2.24) is 0 Å². The minimum absolute atomic E-state index is 0. The van der Waals surface area contributed by atoms with Crippen molar-refractivity contribution in [3.05, 3.63) is 117 Å². The number of aromatic hydroxyl groups is 1. The van der Waals surface area contributed by atoms with Gasteiger partial charge in [0.05, 0.1) is 22.5 Å². The van der Waals surface area contributed by atoms with E-state index in [2.05, 4.69) is 0 Å². The smallest absolute Gasteiger partial charge is 0.416 e. The van der Waals surface area contributed by atoms with Crippen LogP contribution in [-0.2, 0) is 60.0 Å². The molecule has 2 heterocycles. The van der Waals surface area contributed by atoms with E-state index in [-0.39, 0.29) is 43.6 Å². The zero-order chi connectivity index (χ0) is 48.7. The molecule has 0 atom stereocenters. The number of rotatable bonds is 8. The summed E-state index contributed by atoms with van der Waals surface area (Å²) in [5.41, 5.74) is 2.90. The van der Waals surface area contributed by atoms with Gasteiger partial charge in [0.1, 0.15) is 29.3 Å². The van der Waals surface area contributed by atoms with Crippen LogP contribution in [0.15, 0.2) is 72.8 Å². The van der Waals surface area contributed by atoms with E-state index < -0.39 is 40.8 Å². The molecule has 2 amide bonds. The molecule has 4 aromatic rings. The first-order valence-electron chi connectivity index (χ1n) is 21.6. The molecule has 8 nitrogen and oxygen atoms in total. The monoisotopic (exact) mass is 950 g/mol. The molecule has 0 saturated carbocycles. The Morgan fingerprint density at radius 2 is 1.06 bits per heavy atom. The van der Waals surface area contributed by atoms with Crippen molar-refractivity contribution >= 4 is 35.2 Å². The number of halogens is 7. The second-order valence-electron chi connectivity index (χ2n) is 19.0. The predicted octanol–water partition coefficient (Wildman–Crippen LogP) is 14.7. The van der Waals surface area contributed by atoms with Gasteiger partial charge in [-0.1, -0.05) is 59.4 Å². The number of benzene rings is 4. The molecule has 0 saturated heterocycles. The number of alkyl halides is 7. The van der Waals surface area contributed by atoms with Gasteiger partial charge in [-0.25, -0.2) is 9.59 Å². The van der Waals surface area contributed by atoms with Crippen molar-refractivity contribution in [3.63, 3.8) is 0 Å². The van der Waals surface area contributed by atoms with Gasteiger partial charge in [0.2, 0.25) is 0 Å². The Labute approximate surface area is 391 Å². The minimum Gasteiger partial charge on any atom is -0.508 e. The number of phenolic OH excluding ortho intramolecular Hbond substituents is 1. The lowest BCUT2D eigenvalue weighted by Crippen LogP contribution is -2.35. The Morgan fingerprint density at radius 1 is 0.636 bits per heavy atom. The molecule has 2 aliphatic rings. The molecule has 66 heavy (non-hydrogen) atoms. The van der Waals surface area contributed by atoms with E-state index in [1.54, 1.807) is 58.3 Å². The summed E-state index contributed by atoms with van der Waals surface area (Å²) in [5, 5.41) is 9.37. The SMILES string of the molecule is C.CC(C)(C)OC(=O)N1CCc2cc(O)ccc21.CC(C)Cc1ccc(CCl)cc1C(F)(F)F.CC(C)Cc1ccc(COc2ccc3c(c2)CCN3C(=O)OC(C)(C)C)cc1C(F)(F)F. The van der Waals surface area contributed by atoms with E-state index in [0.717, 1.165) is 35.0 Å². The zero-order valence-corrected chi connectivity index (χ0v) is 39.5. The average Bonchev–Trinajstić information content (AvgIpc) is 3.80. The van der Waals surface area contributed by atoms with E-state index in [0.29, 0.717) is 60.4 Å². The molecule has 0 spiro atoms. The molecule has 0 radical (unpaired) electrons. The van der Waals surface area contributed by atoms with Crippen LogP contribution in [0.25, 0.3) is 0 Å². The summed E-state index contributed by atoms with van der Waals surface area (Å²) in [7, 11) is 0. The lowest BCUT2D eigenvalue weighted by atomic mass is 9.96. The van der Waals surface area contributed by atoms with Gasteiger partial charge in [0.15, 0.2) is 0 Å². The Kier molecular flexibility index (Phi) is 18.9. The second-order valence-corrected chi connectivity index (χ2v) is 19.2.